The van der Waals surface area contributed by atoms with Crippen LogP contribution in [0, 0.1) is 0 Å². The molecule has 25 heavy (non-hydrogen) atoms. The number of hydrogen-bond donors (Lipinski definition) is 1. The molecule has 0 unspecified atom stereocenters. The Morgan fingerprint density at radius 3 is 2.44 bits per heavy atom. The highest BCUT2D eigenvalue weighted by Crippen LogP contribution is 2.17. The van der Waals surface area contributed by atoms with Gasteiger partial charge >= 0.3 is 5.97 Å². The van der Waals surface area contributed by atoms with Crippen LogP contribution in [-0.2, 0) is 14.3 Å². The number of hydrogen-bond acceptors (Lipinski definition) is 4. The van der Waals surface area contributed by atoms with Crippen molar-refractivity contribution in [1.29, 1.82) is 0 Å². The first-order valence-corrected chi connectivity index (χ1v) is 8.37. The van der Waals surface area contributed by atoms with E-state index in [0.29, 0.717) is 11.4 Å². The number of halogens is 1. The molecule has 5 nitrogen and oxygen atoms in total. The number of anilines is 1. The van der Waals surface area contributed by atoms with E-state index in [1.807, 2.05) is 24.3 Å². The summed E-state index contributed by atoms with van der Waals surface area (Å²) in [5, 5.41) is 2.68. The van der Waals surface area contributed by atoms with Crippen LogP contribution in [0.1, 0.15) is 12.5 Å². The van der Waals surface area contributed by atoms with Crippen molar-refractivity contribution in [2.24, 2.45) is 0 Å². The second-order valence-electron chi connectivity index (χ2n) is 5.15. The summed E-state index contributed by atoms with van der Waals surface area (Å²) in [6.45, 7) is 1.52. The van der Waals surface area contributed by atoms with Gasteiger partial charge in [0.1, 0.15) is 5.75 Å². The Labute approximate surface area is 154 Å². The van der Waals surface area contributed by atoms with Crippen LogP contribution in [0.15, 0.2) is 59.1 Å². The summed E-state index contributed by atoms with van der Waals surface area (Å²) in [7, 11) is 1.57. The van der Waals surface area contributed by atoms with Gasteiger partial charge in [-0.05, 0) is 48.9 Å². The lowest BCUT2D eigenvalue weighted by atomic mass is 10.2. The second kappa shape index (κ2) is 9.03. The number of nitrogens with one attached hydrogen (secondary N) is 1. The molecule has 0 aliphatic heterocycles. The molecule has 2 rings (SSSR count). The molecule has 0 saturated heterocycles. The molecule has 0 aromatic heterocycles. The number of carbonyl (C=O) groups is 2. The van der Waals surface area contributed by atoms with E-state index < -0.39 is 18.0 Å². The smallest absolute Gasteiger partial charge is 0.331 e. The van der Waals surface area contributed by atoms with Gasteiger partial charge in [-0.25, -0.2) is 4.79 Å². The molecule has 0 aliphatic carbocycles. The first kappa shape index (κ1) is 18.7. The highest BCUT2D eigenvalue weighted by atomic mass is 79.9. The highest BCUT2D eigenvalue weighted by molar-refractivity contribution is 9.10. The molecule has 0 bridgehead atoms. The van der Waals surface area contributed by atoms with Crippen molar-refractivity contribution in [1.82, 2.24) is 0 Å². The van der Waals surface area contributed by atoms with Crippen molar-refractivity contribution in [3.8, 4) is 5.75 Å². The highest BCUT2D eigenvalue weighted by Gasteiger charge is 2.16. The van der Waals surface area contributed by atoms with E-state index in [0.717, 1.165) is 10.0 Å². The molecule has 2 aromatic carbocycles. The fraction of sp³-hybridized carbons (Fsp3) is 0.158. The minimum Gasteiger partial charge on any atom is -0.497 e. The van der Waals surface area contributed by atoms with Crippen LogP contribution in [0.3, 0.4) is 0 Å². The zero-order valence-corrected chi connectivity index (χ0v) is 15.4. The monoisotopic (exact) mass is 403 g/mol. The van der Waals surface area contributed by atoms with Crippen molar-refractivity contribution >= 4 is 39.6 Å². The van der Waals surface area contributed by atoms with Crippen LogP contribution in [0.5, 0.6) is 5.75 Å². The van der Waals surface area contributed by atoms with E-state index >= 15 is 0 Å². The third-order valence-corrected chi connectivity index (χ3v) is 4.05. The molecule has 1 N–H and O–H groups in total. The Kier molecular flexibility index (Phi) is 6.77. The van der Waals surface area contributed by atoms with Crippen LogP contribution in [0.25, 0.3) is 6.08 Å². The van der Waals surface area contributed by atoms with Gasteiger partial charge < -0.3 is 14.8 Å². The fourth-order valence-electron chi connectivity index (χ4n) is 1.95. The summed E-state index contributed by atoms with van der Waals surface area (Å²) in [5.41, 5.74) is 1.44. The third kappa shape index (κ3) is 5.76. The molecule has 0 aliphatic rings. The Morgan fingerprint density at radius 2 is 1.80 bits per heavy atom. The van der Waals surface area contributed by atoms with E-state index in [2.05, 4.69) is 21.2 Å². The fourth-order valence-corrected chi connectivity index (χ4v) is 2.37. The summed E-state index contributed by atoms with van der Waals surface area (Å²) in [6, 6.07) is 14.3. The van der Waals surface area contributed by atoms with E-state index in [1.165, 1.54) is 13.0 Å². The Balaban J connectivity index is 1.89. The topological polar surface area (TPSA) is 64.6 Å². The quantitative estimate of drug-likeness (QED) is 0.583. The zero-order chi connectivity index (χ0) is 18.2. The van der Waals surface area contributed by atoms with Crippen LogP contribution in [0.4, 0.5) is 5.69 Å². The van der Waals surface area contributed by atoms with Crippen LogP contribution in [-0.4, -0.2) is 25.1 Å². The average Bonchev–Trinajstić information content (AvgIpc) is 2.61. The van der Waals surface area contributed by atoms with E-state index in [9.17, 15) is 9.59 Å². The van der Waals surface area contributed by atoms with E-state index in [-0.39, 0.29) is 0 Å². The molecule has 0 fully saturated rings. The predicted molar refractivity (Wildman–Crippen MR) is 100 cm³/mol. The van der Waals surface area contributed by atoms with Crippen molar-refractivity contribution in [3.05, 3.63) is 64.6 Å². The third-order valence-electron chi connectivity index (χ3n) is 3.32. The molecule has 6 heteroatoms. The first-order chi connectivity index (χ1) is 12.0. The lowest BCUT2D eigenvalue weighted by molar-refractivity contribution is -0.148. The molecule has 0 spiro atoms. The molecule has 2 aromatic rings. The second-order valence-corrected chi connectivity index (χ2v) is 6.01. The molecule has 130 valence electrons. The lowest BCUT2D eigenvalue weighted by Gasteiger charge is -2.12. The van der Waals surface area contributed by atoms with Crippen molar-refractivity contribution in [2.75, 3.05) is 12.4 Å². The summed E-state index contributed by atoms with van der Waals surface area (Å²) in [6.07, 6.45) is 2.00. The summed E-state index contributed by atoms with van der Waals surface area (Å²) in [4.78, 5) is 23.9. The maximum Gasteiger partial charge on any atom is 0.331 e. The Morgan fingerprint density at radius 1 is 1.12 bits per heavy atom. The molecular formula is C19H18BrNO4. The summed E-state index contributed by atoms with van der Waals surface area (Å²) < 4.78 is 11.0. The van der Waals surface area contributed by atoms with Gasteiger partial charge in [0.2, 0.25) is 0 Å². The predicted octanol–water partition coefficient (Wildman–Crippen LogP) is 4.04. The minimum atomic E-state index is -0.918. The van der Waals surface area contributed by atoms with Gasteiger partial charge in [-0.3, -0.25) is 4.79 Å². The lowest BCUT2D eigenvalue weighted by Crippen LogP contribution is -2.29. The molecule has 0 saturated carbocycles. The SMILES string of the molecule is COc1ccc(NC(=O)[C@@H](C)OC(=O)/C=C/c2ccccc2Br)cc1. The number of esters is 1. The molecule has 1 atom stereocenters. The maximum atomic E-state index is 12.1. The maximum absolute atomic E-state index is 12.1. The van der Waals surface area contributed by atoms with Crippen molar-refractivity contribution < 1.29 is 19.1 Å². The molecule has 0 heterocycles. The van der Waals surface area contributed by atoms with Crippen molar-refractivity contribution in [3.63, 3.8) is 0 Å². The van der Waals surface area contributed by atoms with Crippen LogP contribution >= 0.6 is 15.9 Å². The zero-order valence-electron chi connectivity index (χ0n) is 13.9. The van der Waals surface area contributed by atoms with Gasteiger partial charge in [0, 0.05) is 16.2 Å². The van der Waals surface area contributed by atoms with Crippen LogP contribution in [0.2, 0.25) is 0 Å². The van der Waals surface area contributed by atoms with Gasteiger partial charge in [-0.15, -0.1) is 0 Å². The number of amides is 1. The van der Waals surface area contributed by atoms with Gasteiger partial charge in [-0.2, -0.15) is 0 Å². The number of benzene rings is 2. The average molecular weight is 404 g/mol. The summed E-state index contributed by atoms with van der Waals surface area (Å²) >= 11 is 3.39. The summed E-state index contributed by atoms with van der Waals surface area (Å²) in [5.74, 6) is -0.310. The number of carbonyl (C=O) groups excluding carboxylic acids is 2. The van der Waals surface area contributed by atoms with Crippen LogP contribution < -0.4 is 10.1 Å². The minimum absolute atomic E-state index is 0.409. The first-order valence-electron chi connectivity index (χ1n) is 7.57. The standard InChI is InChI=1S/C19H18BrNO4/c1-13(19(23)21-15-8-10-16(24-2)11-9-15)25-18(22)12-7-14-5-3-4-6-17(14)20/h3-13H,1-2H3,(H,21,23)/b12-7+/t13-/m1/s1. The van der Waals surface area contributed by atoms with Gasteiger partial charge in [0.05, 0.1) is 7.11 Å². The largest absolute Gasteiger partial charge is 0.497 e. The van der Waals surface area contributed by atoms with Gasteiger partial charge in [-0.1, -0.05) is 34.1 Å². The normalized spacial score (nSPS) is 11.8. The van der Waals surface area contributed by atoms with E-state index in [1.54, 1.807) is 37.5 Å². The molecule has 0 radical (unpaired) electrons. The number of rotatable bonds is 6. The Bertz CT molecular complexity index is 771. The van der Waals surface area contributed by atoms with Crippen molar-refractivity contribution in [2.45, 2.75) is 13.0 Å². The Hall–Kier alpha value is -2.60. The van der Waals surface area contributed by atoms with Gasteiger partial charge in [0.25, 0.3) is 5.91 Å². The molecule has 1 amide bonds. The van der Waals surface area contributed by atoms with E-state index in [4.69, 9.17) is 9.47 Å². The number of methoxy groups -OCH3 is 1. The molecular weight excluding hydrogens is 386 g/mol. The number of ether oxygens (including phenoxy) is 2. The van der Waals surface area contributed by atoms with Gasteiger partial charge in [0.15, 0.2) is 6.10 Å².